The minimum atomic E-state index is -1.72. The molecule has 214 valence electrons. The lowest BCUT2D eigenvalue weighted by Crippen LogP contribution is -2.48. The number of anilines is 1. The fourth-order valence-corrected chi connectivity index (χ4v) is 7.03. The highest BCUT2D eigenvalue weighted by molar-refractivity contribution is 6.32. The third kappa shape index (κ3) is 3.55. The molecule has 0 amide bonds. The van der Waals surface area contributed by atoms with Gasteiger partial charge in [-0.1, -0.05) is 48.6 Å². The number of carbonyl (C=O) groups excluding carboxylic acids is 4. The van der Waals surface area contributed by atoms with Crippen LogP contribution in [0.25, 0.3) is 6.08 Å². The van der Waals surface area contributed by atoms with Crippen molar-refractivity contribution in [2.75, 3.05) is 26.2 Å². The fourth-order valence-electron chi connectivity index (χ4n) is 7.03. The van der Waals surface area contributed by atoms with Crippen LogP contribution in [0.3, 0.4) is 0 Å². The fraction of sp³-hybridized carbons (Fsp3) is 0.273. The molecule has 9 nitrogen and oxygen atoms in total. The van der Waals surface area contributed by atoms with E-state index in [0.29, 0.717) is 45.2 Å². The summed E-state index contributed by atoms with van der Waals surface area (Å²) in [5, 5.41) is 0. The molecule has 0 radical (unpaired) electrons. The Balaban J connectivity index is 1.70. The molecular formula is C33H29NO8. The molecule has 9 heteroatoms. The van der Waals surface area contributed by atoms with Crippen LogP contribution in [0.4, 0.5) is 5.69 Å². The van der Waals surface area contributed by atoms with Gasteiger partial charge in [-0.25, -0.2) is 0 Å². The number of ketones is 3. The monoisotopic (exact) mass is 567 g/mol. The van der Waals surface area contributed by atoms with Crippen molar-refractivity contribution in [2.45, 2.75) is 31.8 Å². The Kier molecular flexibility index (Phi) is 6.40. The van der Waals surface area contributed by atoms with E-state index in [4.69, 9.17) is 18.9 Å². The summed E-state index contributed by atoms with van der Waals surface area (Å²) in [5.74, 6) is -1.32. The van der Waals surface area contributed by atoms with E-state index in [2.05, 4.69) is 0 Å². The molecule has 1 fully saturated rings. The van der Waals surface area contributed by atoms with Gasteiger partial charge in [-0.05, 0) is 30.7 Å². The summed E-state index contributed by atoms with van der Waals surface area (Å²) < 4.78 is 22.4. The van der Waals surface area contributed by atoms with Crippen LogP contribution in [0.2, 0.25) is 0 Å². The Morgan fingerprint density at radius 2 is 1.43 bits per heavy atom. The number of hydrogen-bond acceptors (Lipinski definition) is 9. The van der Waals surface area contributed by atoms with E-state index < -0.39 is 29.4 Å². The van der Waals surface area contributed by atoms with Gasteiger partial charge in [0.15, 0.2) is 34.6 Å². The Morgan fingerprint density at radius 1 is 0.810 bits per heavy atom. The van der Waals surface area contributed by atoms with Gasteiger partial charge < -0.3 is 23.8 Å². The number of carbonyl (C=O) groups is 4. The smallest absolute Gasteiger partial charge is 0.308 e. The molecule has 0 unspecified atom stereocenters. The van der Waals surface area contributed by atoms with E-state index in [1.165, 1.54) is 35.2 Å². The first-order chi connectivity index (χ1) is 20.2. The van der Waals surface area contributed by atoms with Crippen LogP contribution in [0.15, 0.2) is 60.7 Å². The van der Waals surface area contributed by atoms with Crippen LogP contribution in [-0.2, 0) is 9.59 Å². The standard InChI is InChI=1S/C33H29NO8/c1-17(35)28-27(20-15-24(39-3)30(41-5)25(16-20)40-4)33(31(37)21-10-6-7-11-22(21)32(33)38)26-14-13-19-9-8-12-23(42-18(2)36)29(19)34(26)28/h6-16,26-28H,1-5H3/t26-,27+,28-/m0/s1. The number of methoxy groups -OCH3 is 3. The second-order valence-electron chi connectivity index (χ2n) is 10.6. The zero-order chi connectivity index (χ0) is 29.9. The number of esters is 1. The second-order valence-corrected chi connectivity index (χ2v) is 10.6. The zero-order valence-corrected chi connectivity index (χ0v) is 23.8. The first kappa shape index (κ1) is 27.3. The number of rotatable bonds is 6. The maximum absolute atomic E-state index is 14.7. The predicted octanol–water partition coefficient (Wildman–Crippen LogP) is 4.66. The molecule has 3 aromatic rings. The minimum absolute atomic E-state index is 0.233. The number of para-hydroxylation sites is 1. The molecule has 1 spiro atoms. The molecule has 3 atom stereocenters. The van der Waals surface area contributed by atoms with Crippen molar-refractivity contribution >= 4 is 35.1 Å². The van der Waals surface area contributed by atoms with E-state index in [0.717, 1.165) is 0 Å². The number of Topliss-reactive ketones (excluding diaryl/α,β-unsaturated/α-hetero) is 3. The number of hydrogen-bond donors (Lipinski definition) is 0. The summed E-state index contributed by atoms with van der Waals surface area (Å²) in [7, 11) is 4.43. The summed E-state index contributed by atoms with van der Waals surface area (Å²) >= 11 is 0. The Hall–Kier alpha value is -4.92. The first-order valence-corrected chi connectivity index (χ1v) is 13.5. The van der Waals surface area contributed by atoms with E-state index in [-0.39, 0.29) is 23.1 Å². The third-order valence-electron chi connectivity index (χ3n) is 8.50. The lowest BCUT2D eigenvalue weighted by Gasteiger charge is -2.37. The van der Waals surface area contributed by atoms with Crippen LogP contribution in [-0.4, -0.2) is 56.7 Å². The average molecular weight is 568 g/mol. The molecule has 6 rings (SSSR count). The van der Waals surface area contributed by atoms with Crippen molar-refractivity contribution in [1.29, 1.82) is 0 Å². The van der Waals surface area contributed by atoms with Crippen molar-refractivity contribution in [2.24, 2.45) is 5.41 Å². The quantitative estimate of drug-likeness (QED) is 0.239. The van der Waals surface area contributed by atoms with E-state index >= 15 is 0 Å². The maximum Gasteiger partial charge on any atom is 0.308 e. The van der Waals surface area contributed by atoms with E-state index in [1.807, 2.05) is 12.1 Å². The van der Waals surface area contributed by atoms with Crippen molar-refractivity contribution in [3.63, 3.8) is 0 Å². The number of nitrogens with zero attached hydrogens (tertiary/aromatic N) is 1. The molecule has 2 aliphatic heterocycles. The summed E-state index contributed by atoms with van der Waals surface area (Å²) in [5.41, 5.74) is 0.530. The highest BCUT2D eigenvalue weighted by atomic mass is 16.5. The van der Waals surface area contributed by atoms with Crippen molar-refractivity contribution in [1.82, 2.24) is 0 Å². The lowest BCUT2D eigenvalue weighted by atomic mass is 9.64. The zero-order valence-electron chi connectivity index (χ0n) is 23.8. The van der Waals surface area contributed by atoms with E-state index in [1.54, 1.807) is 59.5 Å². The SMILES string of the molecule is COc1cc([C@@H]2[C@H](C(C)=O)N3c4c(cccc4OC(C)=O)C=C[C@H]3C23C(=O)c2ccccc2C3=O)cc(OC)c1OC. The molecule has 1 saturated heterocycles. The second kappa shape index (κ2) is 9.87. The van der Waals surface area contributed by atoms with Crippen molar-refractivity contribution in [3.8, 4) is 23.0 Å². The van der Waals surface area contributed by atoms with Gasteiger partial charge in [0, 0.05) is 29.5 Å². The molecule has 0 N–H and O–H groups in total. The van der Waals surface area contributed by atoms with Crippen molar-refractivity contribution in [3.05, 3.63) is 82.9 Å². The first-order valence-electron chi connectivity index (χ1n) is 13.5. The topological polar surface area (TPSA) is 108 Å². The largest absolute Gasteiger partial charge is 0.493 e. The summed E-state index contributed by atoms with van der Waals surface area (Å²) in [4.78, 5) is 57.1. The highest BCUT2D eigenvalue weighted by Gasteiger charge is 2.71. The molecular weight excluding hydrogens is 538 g/mol. The van der Waals surface area contributed by atoms with Gasteiger partial charge >= 0.3 is 5.97 Å². The van der Waals surface area contributed by atoms with Crippen LogP contribution < -0.4 is 23.8 Å². The van der Waals surface area contributed by atoms with Crippen molar-refractivity contribution < 1.29 is 38.1 Å². The molecule has 2 heterocycles. The molecule has 42 heavy (non-hydrogen) atoms. The summed E-state index contributed by atoms with van der Waals surface area (Å²) in [6.07, 6.45) is 3.61. The normalized spacial score (nSPS) is 21.1. The maximum atomic E-state index is 14.7. The highest BCUT2D eigenvalue weighted by Crippen LogP contribution is 2.62. The van der Waals surface area contributed by atoms with Gasteiger partial charge in [0.1, 0.15) is 5.41 Å². The molecule has 3 aliphatic rings. The van der Waals surface area contributed by atoms with Gasteiger partial charge in [-0.15, -0.1) is 0 Å². The average Bonchev–Trinajstić information content (AvgIpc) is 3.42. The molecule has 3 aromatic carbocycles. The molecule has 0 saturated carbocycles. The van der Waals surface area contributed by atoms with Gasteiger partial charge in [0.05, 0.1) is 39.1 Å². The Morgan fingerprint density at radius 3 is 1.95 bits per heavy atom. The van der Waals surface area contributed by atoms with Gasteiger partial charge in [0.25, 0.3) is 0 Å². The van der Waals surface area contributed by atoms with Crippen LogP contribution in [0, 0.1) is 5.41 Å². The van der Waals surface area contributed by atoms with Crippen LogP contribution >= 0.6 is 0 Å². The Labute approximate surface area is 242 Å². The van der Waals surface area contributed by atoms with Crippen LogP contribution in [0.5, 0.6) is 23.0 Å². The number of fused-ring (bicyclic) bond motifs is 5. The summed E-state index contributed by atoms with van der Waals surface area (Å²) in [6.45, 7) is 2.73. The lowest BCUT2D eigenvalue weighted by molar-refractivity contribution is -0.131. The van der Waals surface area contributed by atoms with Gasteiger partial charge in [0.2, 0.25) is 5.75 Å². The summed E-state index contributed by atoms with van der Waals surface area (Å²) in [6, 6.07) is 13.5. The molecule has 0 bridgehead atoms. The molecule has 0 aromatic heterocycles. The number of benzene rings is 3. The molecule has 1 aliphatic carbocycles. The number of ether oxygens (including phenoxy) is 4. The van der Waals surface area contributed by atoms with Gasteiger partial charge in [-0.2, -0.15) is 0 Å². The minimum Gasteiger partial charge on any atom is -0.493 e. The van der Waals surface area contributed by atoms with Crippen LogP contribution in [0.1, 0.15) is 51.6 Å². The predicted molar refractivity (Wildman–Crippen MR) is 154 cm³/mol. The van der Waals surface area contributed by atoms with Gasteiger partial charge in [-0.3, -0.25) is 19.2 Å². The van der Waals surface area contributed by atoms with E-state index in [9.17, 15) is 19.2 Å². The third-order valence-corrected chi connectivity index (χ3v) is 8.50. The Bertz CT molecular complexity index is 1650.